The SMILES string of the molecule is COC(=O)CNC(=O)c1ccc(NC(=O)c2ccc(S(=O)(=O)N3C[C@H](C)C[C@@H](C)C3)cc2)cc1. The Morgan fingerprint density at radius 3 is 2.00 bits per heavy atom. The zero-order valence-electron chi connectivity index (χ0n) is 19.4. The highest BCUT2D eigenvalue weighted by atomic mass is 32.2. The quantitative estimate of drug-likeness (QED) is 0.579. The van der Waals surface area contributed by atoms with Crippen LogP contribution < -0.4 is 10.6 Å². The Balaban J connectivity index is 1.62. The van der Waals surface area contributed by atoms with Crippen LogP contribution in [0.1, 0.15) is 41.0 Å². The lowest BCUT2D eigenvalue weighted by Crippen LogP contribution is -2.42. The van der Waals surface area contributed by atoms with Crippen LogP contribution in [0.2, 0.25) is 0 Å². The molecule has 1 aliphatic rings. The van der Waals surface area contributed by atoms with Crippen molar-refractivity contribution in [2.24, 2.45) is 11.8 Å². The van der Waals surface area contributed by atoms with Crippen molar-refractivity contribution < 1.29 is 27.5 Å². The van der Waals surface area contributed by atoms with E-state index < -0.39 is 27.8 Å². The van der Waals surface area contributed by atoms with Crippen LogP contribution in [0, 0.1) is 11.8 Å². The molecule has 0 saturated carbocycles. The number of benzene rings is 2. The van der Waals surface area contributed by atoms with Crippen molar-refractivity contribution >= 4 is 33.5 Å². The van der Waals surface area contributed by atoms with E-state index in [4.69, 9.17) is 0 Å². The van der Waals surface area contributed by atoms with Gasteiger partial charge in [0.2, 0.25) is 10.0 Å². The first-order valence-corrected chi connectivity index (χ1v) is 12.4. The fraction of sp³-hybridized carbons (Fsp3) is 0.375. The number of nitrogens with one attached hydrogen (secondary N) is 2. The van der Waals surface area contributed by atoms with Gasteiger partial charge in [-0.3, -0.25) is 14.4 Å². The van der Waals surface area contributed by atoms with Gasteiger partial charge >= 0.3 is 5.97 Å². The fourth-order valence-electron chi connectivity index (χ4n) is 3.96. The Bertz CT molecular complexity index is 1140. The number of esters is 1. The monoisotopic (exact) mass is 487 g/mol. The summed E-state index contributed by atoms with van der Waals surface area (Å²) >= 11 is 0. The predicted molar refractivity (Wildman–Crippen MR) is 127 cm³/mol. The van der Waals surface area contributed by atoms with Crippen molar-refractivity contribution in [3.05, 3.63) is 59.7 Å². The van der Waals surface area contributed by atoms with Crippen LogP contribution in [0.25, 0.3) is 0 Å². The molecule has 34 heavy (non-hydrogen) atoms. The largest absolute Gasteiger partial charge is 0.468 e. The summed E-state index contributed by atoms with van der Waals surface area (Å²) in [5.74, 6) is -0.816. The Morgan fingerprint density at radius 2 is 1.44 bits per heavy atom. The third kappa shape index (κ3) is 6.21. The molecule has 0 unspecified atom stereocenters. The maximum atomic E-state index is 13.0. The third-order valence-corrected chi connectivity index (χ3v) is 7.46. The second-order valence-corrected chi connectivity index (χ2v) is 10.5. The van der Waals surface area contributed by atoms with Gasteiger partial charge in [-0.15, -0.1) is 0 Å². The zero-order valence-corrected chi connectivity index (χ0v) is 20.2. The van der Waals surface area contributed by atoms with E-state index in [2.05, 4.69) is 15.4 Å². The molecule has 9 nitrogen and oxygen atoms in total. The van der Waals surface area contributed by atoms with Gasteiger partial charge in [0.05, 0.1) is 12.0 Å². The third-order valence-electron chi connectivity index (χ3n) is 5.62. The number of methoxy groups -OCH3 is 1. The van der Waals surface area contributed by atoms with Gasteiger partial charge in [0, 0.05) is 29.9 Å². The van der Waals surface area contributed by atoms with E-state index in [1.54, 1.807) is 12.1 Å². The molecule has 2 aromatic carbocycles. The number of hydrogen-bond acceptors (Lipinski definition) is 6. The lowest BCUT2D eigenvalue weighted by atomic mass is 9.94. The summed E-state index contributed by atoms with van der Waals surface area (Å²) in [4.78, 5) is 35.9. The van der Waals surface area contributed by atoms with E-state index in [-0.39, 0.29) is 11.4 Å². The number of carbonyl (C=O) groups is 3. The van der Waals surface area contributed by atoms with Crippen molar-refractivity contribution in [2.45, 2.75) is 25.2 Å². The number of carbonyl (C=O) groups excluding carboxylic acids is 3. The van der Waals surface area contributed by atoms with Gasteiger partial charge < -0.3 is 15.4 Å². The molecule has 0 spiro atoms. The van der Waals surface area contributed by atoms with Crippen LogP contribution in [-0.4, -0.2) is 57.3 Å². The molecular weight excluding hydrogens is 458 g/mol. The number of sulfonamides is 1. The lowest BCUT2D eigenvalue weighted by molar-refractivity contribution is -0.139. The van der Waals surface area contributed by atoms with E-state index in [0.29, 0.717) is 41.7 Å². The summed E-state index contributed by atoms with van der Waals surface area (Å²) in [6.45, 7) is 4.84. The van der Waals surface area contributed by atoms with Crippen LogP contribution >= 0.6 is 0 Å². The molecule has 0 aliphatic carbocycles. The molecule has 0 radical (unpaired) electrons. The highest BCUT2D eigenvalue weighted by Gasteiger charge is 2.31. The van der Waals surface area contributed by atoms with E-state index in [0.717, 1.165) is 6.42 Å². The van der Waals surface area contributed by atoms with Gasteiger partial charge in [-0.25, -0.2) is 8.42 Å². The summed E-state index contributed by atoms with van der Waals surface area (Å²) in [6.07, 6.45) is 1.00. The Kier molecular flexibility index (Phi) is 8.06. The number of piperidine rings is 1. The van der Waals surface area contributed by atoms with Crippen LogP contribution in [0.3, 0.4) is 0 Å². The molecule has 1 heterocycles. The highest BCUT2D eigenvalue weighted by molar-refractivity contribution is 7.89. The molecule has 2 aromatic rings. The van der Waals surface area contributed by atoms with Crippen molar-refractivity contribution in [3.63, 3.8) is 0 Å². The number of amides is 2. The number of nitrogens with zero attached hydrogens (tertiary/aromatic N) is 1. The molecule has 182 valence electrons. The van der Waals surface area contributed by atoms with E-state index in [1.807, 2.05) is 13.8 Å². The van der Waals surface area contributed by atoms with Gasteiger partial charge in [0.25, 0.3) is 11.8 Å². The first kappa shape index (κ1) is 25.4. The van der Waals surface area contributed by atoms with Crippen LogP contribution in [-0.2, 0) is 19.6 Å². The van der Waals surface area contributed by atoms with Gasteiger partial charge in [0.15, 0.2) is 0 Å². The number of hydrogen-bond donors (Lipinski definition) is 2. The van der Waals surface area contributed by atoms with Crippen molar-refractivity contribution in [1.29, 1.82) is 0 Å². The summed E-state index contributed by atoms with van der Waals surface area (Å²) < 4.78 is 32.0. The fourth-order valence-corrected chi connectivity index (χ4v) is 5.64. The molecule has 2 atom stereocenters. The molecule has 3 rings (SSSR count). The molecule has 1 saturated heterocycles. The second kappa shape index (κ2) is 10.8. The van der Waals surface area contributed by atoms with Crippen LogP contribution in [0.5, 0.6) is 0 Å². The highest BCUT2D eigenvalue weighted by Crippen LogP contribution is 2.27. The lowest BCUT2D eigenvalue weighted by Gasteiger charge is -2.34. The normalized spacial score (nSPS) is 18.7. The number of ether oxygens (including phenoxy) is 1. The van der Waals surface area contributed by atoms with Crippen molar-refractivity contribution in [2.75, 3.05) is 32.1 Å². The smallest absolute Gasteiger partial charge is 0.325 e. The molecule has 2 amide bonds. The van der Waals surface area contributed by atoms with Gasteiger partial charge in [-0.2, -0.15) is 4.31 Å². The molecule has 1 aliphatic heterocycles. The molecule has 1 fully saturated rings. The average molecular weight is 488 g/mol. The molecule has 0 aromatic heterocycles. The van der Waals surface area contributed by atoms with E-state index in [9.17, 15) is 22.8 Å². The minimum atomic E-state index is -3.62. The Hall–Kier alpha value is -3.24. The molecule has 10 heteroatoms. The number of anilines is 1. The topological polar surface area (TPSA) is 122 Å². The standard InChI is InChI=1S/C24H29N3O6S/c1-16-12-17(2)15-27(14-16)34(31,32)21-10-6-19(7-11-21)24(30)26-20-8-4-18(5-9-20)23(29)25-13-22(28)33-3/h4-11,16-17H,12-15H2,1-3H3,(H,25,29)(H,26,30)/t16-,17-/m1/s1. The summed E-state index contributed by atoms with van der Waals surface area (Å²) in [6, 6.07) is 12.0. The predicted octanol–water partition coefficient (Wildman–Crippen LogP) is 2.51. The minimum Gasteiger partial charge on any atom is -0.468 e. The van der Waals surface area contributed by atoms with Crippen LogP contribution in [0.4, 0.5) is 5.69 Å². The maximum Gasteiger partial charge on any atom is 0.325 e. The molecular formula is C24H29N3O6S. The van der Waals surface area contributed by atoms with E-state index >= 15 is 0 Å². The summed E-state index contributed by atoms with van der Waals surface area (Å²) in [7, 11) is -2.39. The Labute approximate surface area is 199 Å². The molecule has 2 N–H and O–H groups in total. The summed E-state index contributed by atoms with van der Waals surface area (Å²) in [5.41, 5.74) is 1.08. The van der Waals surface area contributed by atoms with Gasteiger partial charge in [-0.1, -0.05) is 13.8 Å². The van der Waals surface area contributed by atoms with Crippen molar-refractivity contribution in [3.8, 4) is 0 Å². The first-order chi connectivity index (χ1) is 16.1. The summed E-state index contributed by atoms with van der Waals surface area (Å²) in [5, 5.41) is 5.14. The number of rotatable bonds is 7. The van der Waals surface area contributed by atoms with Gasteiger partial charge in [0.1, 0.15) is 6.54 Å². The minimum absolute atomic E-state index is 0.160. The Morgan fingerprint density at radius 1 is 0.912 bits per heavy atom. The van der Waals surface area contributed by atoms with E-state index in [1.165, 1.54) is 47.8 Å². The van der Waals surface area contributed by atoms with Crippen molar-refractivity contribution in [1.82, 2.24) is 9.62 Å². The molecule has 0 bridgehead atoms. The zero-order chi connectivity index (χ0) is 24.9. The van der Waals surface area contributed by atoms with Gasteiger partial charge in [-0.05, 0) is 66.8 Å². The average Bonchev–Trinajstić information content (AvgIpc) is 2.82. The van der Waals surface area contributed by atoms with Crippen LogP contribution in [0.15, 0.2) is 53.4 Å². The maximum absolute atomic E-state index is 13.0. The second-order valence-electron chi connectivity index (χ2n) is 8.58. The first-order valence-electron chi connectivity index (χ1n) is 11.0.